The van der Waals surface area contributed by atoms with Gasteiger partial charge in [-0.2, -0.15) is 8.42 Å². The molecule has 0 aromatic heterocycles. The molecule has 0 aromatic carbocycles. The molecule has 0 aromatic rings. The fraction of sp³-hybridized carbons (Fsp3) is 0.571. The minimum absolute atomic E-state index is 0.0377. The van der Waals surface area contributed by atoms with E-state index in [9.17, 15) is 13.2 Å². The molecule has 0 saturated heterocycles. The molecule has 0 rings (SSSR count). The number of carboxylic acid groups (broad SMARTS) is 1. The second kappa shape index (κ2) is 4.90. The first kappa shape index (κ1) is 13.6. The maximum atomic E-state index is 10.6. The van der Waals surface area contributed by atoms with Crippen LogP contribution in [0.5, 0.6) is 0 Å². The monoisotopic (exact) mass is 286 g/mol. The Morgan fingerprint density at radius 3 is 2.29 bits per heavy atom. The summed E-state index contributed by atoms with van der Waals surface area (Å²) in [6.07, 6.45) is -0.0377. The van der Waals surface area contributed by atoms with Gasteiger partial charge in [0, 0.05) is 10.4 Å². The number of hydrogen-bond donors (Lipinski definition) is 2. The van der Waals surface area contributed by atoms with Crippen LogP contribution in [0.25, 0.3) is 0 Å². The van der Waals surface area contributed by atoms with E-state index in [1.807, 2.05) is 0 Å². The van der Waals surface area contributed by atoms with Crippen LogP contribution in [0, 0.1) is 0 Å². The third kappa shape index (κ3) is 4.21. The first-order valence-electron chi connectivity index (χ1n) is 3.68. The second-order valence-corrected chi connectivity index (χ2v) is 5.80. The van der Waals surface area contributed by atoms with E-state index in [1.165, 1.54) is 6.92 Å². The highest BCUT2D eigenvalue weighted by atomic mass is 79.9. The van der Waals surface area contributed by atoms with Gasteiger partial charge >= 0.3 is 5.97 Å². The van der Waals surface area contributed by atoms with Crippen LogP contribution < -0.4 is 0 Å². The summed E-state index contributed by atoms with van der Waals surface area (Å²) in [6.45, 7) is 4.56. The number of alkyl halides is 1. The lowest BCUT2D eigenvalue weighted by Crippen LogP contribution is -2.23. The van der Waals surface area contributed by atoms with Gasteiger partial charge in [-0.1, -0.05) is 22.5 Å². The number of halogens is 1. The van der Waals surface area contributed by atoms with Gasteiger partial charge in [-0.3, -0.25) is 4.55 Å². The lowest BCUT2D eigenvalue weighted by molar-refractivity contribution is -0.132. The van der Waals surface area contributed by atoms with Crippen LogP contribution in [0.15, 0.2) is 12.2 Å². The Hall–Kier alpha value is -0.400. The van der Waals surface area contributed by atoms with Gasteiger partial charge in [0.1, 0.15) is 0 Å². The van der Waals surface area contributed by atoms with E-state index < -0.39 is 26.2 Å². The molecule has 14 heavy (non-hydrogen) atoms. The van der Waals surface area contributed by atoms with Crippen molar-refractivity contribution in [3.63, 3.8) is 0 Å². The summed E-state index contributed by atoms with van der Waals surface area (Å²) in [4.78, 5) is 9.76. The van der Waals surface area contributed by atoms with E-state index in [0.717, 1.165) is 0 Å². The molecule has 2 N–H and O–H groups in total. The minimum Gasteiger partial charge on any atom is -0.478 e. The van der Waals surface area contributed by atoms with Crippen LogP contribution in [-0.2, 0) is 14.9 Å². The molecule has 5 nitrogen and oxygen atoms in total. The smallest absolute Gasteiger partial charge is 0.332 e. The van der Waals surface area contributed by atoms with Crippen molar-refractivity contribution >= 4 is 32.0 Å². The average Bonchev–Trinajstić information content (AvgIpc) is 2.00. The molecule has 0 aliphatic carbocycles. The van der Waals surface area contributed by atoms with Gasteiger partial charge in [-0.15, -0.1) is 0 Å². The van der Waals surface area contributed by atoms with Crippen LogP contribution >= 0.6 is 15.9 Å². The summed E-state index contributed by atoms with van der Waals surface area (Å²) < 4.78 is 29.9. The molecule has 0 spiro atoms. The molecular weight excluding hydrogens is 276 g/mol. The van der Waals surface area contributed by atoms with Gasteiger partial charge in [0.25, 0.3) is 10.1 Å². The molecule has 2 atom stereocenters. The second-order valence-electron chi connectivity index (χ2n) is 2.86. The number of hydrogen-bond acceptors (Lipinski definition) is 3. The average molecular weight is 287 g/mol. The van der Waals surface area contributed by atoms with E-state index in [2.05, 4.69) is 22.5 Å². The SMILES string of the molecule is C=C(C(=O)O)C(Br)CC(C)S(=O)(=O)O. The normalized spacial score (nSPS) is 15.9. The van der Waals surface area contributed by atoms with Gasteiger partial charge in [0.2, 0.25) is 0 Å². The fourth-order valence-electron chi connectivity index (χ4n) is 0.689. The van der Waals surface area contributed by atoms with Crippen LogP contribution in [-0.4, -0.2) is 34.1 Å². The Labute approximate surface area is 90.7 Å². The van der Waals surface area contributed by atoms with Crippen molar-refractivity contribution in [2.45, 2.75) is 23.4 Å². The molecule has 0 heterocycles. The van der Waals surface area contributed by atoms with E-state index in [-0.39, 0.29) is 12.0 Å². The van der Waals surface area contributed by atoms with Gasteiger partial charge in [0.05, 0.1) is 5.25 Å². The third-order valence-electron chi connectivity index (χ3n) is 1.70. The molecule has 0 amide bonds. The molecule has 2 unspecified atom stereocenters. The fourth-order valence-corrected chi connectivity index (χ4v) is 2.13. The van der Waals surface area contributed by atoms with Crippen molar-refractivity contribution in [3.05, 3.63) is 12.2 Å². The highest BCUT2D eigenvalue weighted by Gasteiger charge is 2.24. The summed E-state index contributed by atoms with van der Waals surface area (Å²) in [7, 11) is -4.12. The standard InChI is InChI=1S/C7H11BrO5S/c1-4(14(11,12)13)3-6(8)5(2)7(9)10/h4,6H,2-3H2,1H3,(H,9,10)(H,11,12,13). The van der Waals surface area contributed by atoms with Crippen molar-refractivity contribution in [1.82, 2.24) is 0 Å². The molecule has 0 radical (unpaired) electrons. The van der Waals surface area contributed by atoms with Crippen molar-refractivity contribution < 1.29 is 22.9 Å². The minimum atomic E-state index is -4.12. The van der Waals surface area contributed by atoms with Crippen molar-refractivity contribution in [3.8, 4) is 0 Å². The quantitative estimate of drug-likeness (QED) is 0.448. The summed E-state index contributed by atoms with van der Waals surface area (Å²) >= 11 is 2.98. The summed E-state index contributed by atoms with van der Waals surface area (Å²) in [6, 6.07) is 0. The van der Waals surface area contributed by atoms with E-state index in [0.29, 0.717) is 0 Å². The van der Waals surface area contributed by atoms with E-state index in [4.69, 9.17) is 9.66 Å². The van der Waals surface area contributed by atoms with Crippen molar-refractivity contribution in [2.75, 3.05) is 0 Å². The number of carboxylic acids is 1. The molecule has 0 bridgehead atoms. The molecule has 0 saturated carbocycles. The first-order chi connectivity index (χ1) is 6.16. The maximum absolute atomic E-state index is 10.6. The topological polar surface area (TPSA) is 91.7 Å². The molecule has 0 fully saturated rings. The van der Waals surface area contributed by atoms with Gasteiger partial charge in [-0.05, 0) is 13.3 Å². The van der Waals surface area contributed by atoms with Crippen LogP contribution in [0.3, 0.4) is 0 Å². The molecular formula is C7H11BrO5S. The highest BCUT2D eigenvalue weighted by molar-refractivity contribution is 9.09. The lowest BCUT2D eigenvalue weighted by Gasteiger charge is -2.13. The Balaban J connectivity index is 4.42. The molecule has 0 aliphatic rings. The van der Waals surface area contributed by atoms with E-state index >= 15 is 0 Å². The first-order valence-corrected chi connectivity index (χ1v) is 6.10. The van der Waals surface area contributed by atoms with Gasteiger partial charge in [0.15, 0.2) is 0 Å². The summed E-state index contributed by atoms with van der Waals surface area (Å²) in [5, 5.41) is 7.50. The molecule has 0 aliphatic heterocycles. The van der Waals surface area contributed by atoms with Gasteiger partial charge < -0.3 is 5.11 Å². The highest BCUT2D eigenvalue weighted by Crippen LogP contribution is 2.19. The predicted octanol–water partition coefficient (Wildman–Crippen LogP) is 1.06. The number of carbonyl (C=O) groups is 1. The Bertz CT molecular complexity index is 334. The maximum Gasteiger partial charge on any atom is 0.332 e. The summed E-state index contributed by atoms with van der Waals surface area (Å²) in [5.74, 6) is -1.20. The van der Waals surface area contributed by atoms with E-state index in [1.54, 1.807) is 0 Å². The van der Waals surface area contributed by atoms with Crippen LogP contribution in [0.2, 0.25) is 0 Å². The Kier molecular flexibility index (Phi) is 4.76. The van der Waals surface area contributed by atoms with Gasteiger partial charge in [-0.25, -0.2) is 4.79 Å². The largest absolute Gasteiger partial charge is 0.478 e. The summed E-state index contributed by atoms with van der Waals surface area (Å²) in [5.41, 5.74) is -0.138. The Morgan fingerprint density at radius 1 is 1.57 bits per heavy atom. The predicted molar refractivity (Wildman–Crippen MR) is 55.1 cm³/mol. The number of aliphatic carboxylic acids is 1. The Morgan fingerprint density at radius 2 is 2.00 bits per heavy atom. The zero-order valence-corrected chi connectivity index (χ0v) is 9.88. The zero-order chi connectivity index (χ0) is 11.5. The molecule has 7 heteroatoms. The van der Waals surface area contributed by atoms with Crippen molar-refractivity contribution in [1.29, 1.82) is 0 Å². The van der Waals surface area contributed by atoms with Crippen LogP contribution in [0.1, 0.15) is 13.3 Å². The lowest BCUT2D eigenvalue weighted by atomic mass is 10.1. The molecule has 82 valence electrons. The van der Waals surface area contributed by atoms with Crippen molar-refractivity contribution in [2.24, 2.45) is 0 Å². The third-order valence-corrected chi connectivity index (χ3v) is 3.84. The zero-order valence-electron chi connectivity index (χ0n) is 7.47. The number of rotatable bonds is 5. The van der Waals surface area contributed by atoms with Crippen LogP contribution in [0.4, 0.5) is 0 Å².